The van der Waals surface area contributed by atoms with Crippen LogP contribution in [0.1, 0.15) is 20.8 Å². The van der Waals surface area contributed by atoms with E-state index in [2.05, 4.69) is 0 Å². The van der Waals surface area contributed by atoms with Crippen molar-refractivity contribution in [3.05, 3.63) is 59.7 Å². The second kappa shape index (κ2) is 8.20. The third-order valence-electron chi connectivity index (χ3n) is 2.69. The van der Waals surface area contributed by atoms with E-state index in [-0.39, 0.29) is 11.5 Å². The molecule has 0 saturated carbocycles. The fourth-order valence-corrected chi connectivity index (χ4v) is 3.46. The molecule has 0 heterocycles. The topological polar surface area (TPSA) is 35.5 Å². The molecule has 0 unspecified atom stereocenters. The van der Waals surface area contributed by atoms with Gasteiger partial charge in [0.15, 0.2) is 0 Å². The molecule has 0 atom stereocenters. The van der Waals surface area contributed by atoms with Gasteiger partial charge in [0.05, 0.1) is 0 Å². The maximum atomic E-state index is 12.2. The van der Waals surface area contributed by atoms with Crippen LogP contribution in [-0.4, -0.2) is 0 Å². The van der Waals surface area contributed by atoms with Gasteiger partial charge in [-0.25, -0.2) is 4.57 Å². The fraction of sp³-hybridized carbons (Fsp3) is 0.143. The first-order chi connectivity index (χ1) is 10.8. The van der Waals surface area contributed by atoms with Crippen LogP contribution in [0.2, 0.25) is 0 Å². The Morgan fingerprint density at radius 1 is 0.696 bits per heavy atom. The Labute approximate surface area is 158 Å². The van der Waals surface area contributed by atoms with Gasteiger partial charge in [-0.2, -0.15) is 0 Å². The molecule has 0 aromatic heterocycles. The maximum Gasteiger partial charge on any atom is 0.530 e. The van der Waals surface area contributed by atoms with Crippen LogP contribution in [-0.2, 0) is 4.57 Å². The smallest absolute Gasteiger partial charge is 0.405 e. The summed E-state index contributed by atoms with van der Waals surface area (Å²) >= 11 is 28.7. The first kappa shape index (κ1) is 19.1. The van der Waals surface area contributed by atoms with E-state index in [0.29, 0.717) is 11.1 Å². The molecule has 0 amide bonds. The summed E-state index contributed by atoms with van der Waals surface area (Å²) in [6.45, 7) is -3.87. The Hall–Kier alpha value is -0.280. The van der Waals surface area contributed by atoms with Crippen LogP contribution in [0, 0.1) is 0 Å². The van der Waals surface area contributed by atoms with Gasteiger partial charge in [0.25, 0.3) is 0 Å². The highest BCUT2D eigenvalue weighted by atomic mass is 35.7. The second-order valence-corrected chi connectivity index (χ2v) is 9.01. The van der Waals surface area contributed by atoms with E-state index in [0.717, 1.165) is 0 Å². The highest BCUT2D eigenvalue weighted by Gasteiger charge is 2.25. The minimum absolute atomic E-state index is 0.263. The number of halogens is 5. The zero-order valence-corrected chi connectivity index (χ0v) is 16.0. The van der Waals surface area contributed by atoms with Gasteiger partial charge in [0.2, 0.25) is 0 Å². The van der Waals surface area contributed by atoms with Crippen LogP contribution in [0.4, 0.5) is 0 Å². The molecule has 9 heteroatoms. The molecule has 0 aliphatic heterocycles. The zero-order valence-electron chi connectivity index (χ0n) is 11.3. The molecule has 2 aromatic carbocycles. The van der Waals surface area contributed by atoms with Crippen molar-refractivity contribution in [2.24, 2.45) is 0 Å². The molecule has 0 aliphatic rings. The van der Waals surface area contributed by atoms with Gasteiger partial charge in [-0.05, 0) is 35.4 Å². The van der Waals surface area contributed by atoms with Crippen molar-refractivity contribution in [2.45, 2.75) is 9.67 Å². The van der Waals surface area contributed by atoms with E-state index in [1.54, 1.807) is 48.5 Å². The minimum Gasteiger partial charge on any atom is -0.405 e. The predicted molar refractivity (Wildman–Crippen MR) is 96.5 cm³/mol. The van der Waals surface area contributed by atoms with Crippen LogP contribution >= 0.6 is 64.6 Å². The lowest BCUT2D eigenvalue weighted by atomic mass is 10.2. The minimum atomic E-state index is -3.87. The molecule has 0 N–H and O–H groups in total. The van der Waals surface area contributed by atoms with E-state index >= 15 is 0 Å². The molecule has 0 saturated heterocycles. The van der Waals surface area contributed by atoms with Crippen LogP contribution < -0.4 is 9.05 Å². The molecule has 3 nitrogen and oxygen atoms in total. The highest BCUT2D eigenvalue weighted by Crippen LogP contribution is 2.53. The molecule has 23 heavy (non-hydrogen) atoms. The van der Waals surface area contributed by atoms with E-state index < -0.39 is 16.6 Å². The molecule has 0 aliphatic carbocycles. The van der Waals surface area contributed by atoms with Crippen LogP contribution in [0.3, 0.4) is 0 Å². The number of rotatable bonds is 6. The van der Waals surface area contributed by atoms with E-state index in [1.165, 1.54) is 0 Å². The van der Waals surface area contributed by atoms with Gasteiger partial charge in [-0.15, -0.1) is 46.4 Å². The van der Waals surface area contributed by atoms with Crippen molar-refractivity contribution in [3.8, 4) is 11.5 Å². The predicted octanol–water partition coefficient (Wildman–Crippen LogP) is 7.44. The van der Waals surface area contributed by atoms with Crippen LogP contribution in [0.15, 0.2) is 48.5 Å². The summed E-state index contributed by atoms with van der Waals surface area (Å²) < 4.78 is 22.6. The van der Waals surface area contributed by atoms with Crippen molar-refractivity contribution >= 4 is 64.6 Å². The lowest BCUT2D eigenvalue weighted by Crippen LogP contribution is -1.96. The molecule has 2 aromatic rings. The number of hydrogen-bond acceptors (Lipinski definition) is 3. The van der Waals surface area contributed by atoms with Gasteiger partial charge in [0.1, 0.15) is 21.2 Å². The Morgan fingerprint density at radius 2 is 1.00 bits per heavy atom. The van der Waals surface area contributed by atoms with Gasteiger partial charge in [-0.3, -0.25) is 0 Å². The summed E-state index contributed by atoms with van der Waals surface area (Å²) in [6, 6.07) is 12.7. The van der Waals surface area contributed by atoms with Crippen LogP contribution in [0.5, 0.6) is 11.5 Å². The SMILES string of the molecule is O=P(Cl)(Oc1ccc(C(Cl)Cl)cc1)Oc1ccc(C(Cl)Cl)cc1. The maximum absolute atomic E-state index is 12.2. The van der Waals surface area contributed by atoms with Gasteiger partial charge < -0.3 is 9.05 Å². The van der Waals surface area contributed by atoms with Gasteiger partial charge >= 0.3 is 6.95 Å². The molecule has 0 bridgehead atoms. The number of alkyl halides is 4. The summed E-state index contributed by atoms with van der Waals surface area (Å²) in [5.74, 6) is 0.526. The molecule has 0 radical (unpaired) electrons. The Bertz CT molecular complexity index is 631. The lowest BCUT2D eigenvalue weighted by Gasteiger charge is -2.14. The lowest BCUT2D eigenvalue weighted by molar-refractivity contribution is 0.406. The zero-order chi connectivity index (χ0) is 17.0. The summed E-state index contributed by atoms with van der Waals surface area (Å²) in [5, 5.41) is 0. The standard InChI is InChI=1S/C14H10Cl5O3P/c15-13(16)9-1-5-11(6-2-9)21-23(19,20)22-12-7-3-10(4-8-12)14(17)18/h1-8,13-14H. The summed E-state index contributed by atoms with van der Waals surface area (Å²) in [7, 11) is 0. The van der Waals surface area contributed by atoms with E-state index in [4.69, 9.17) is 66.7 Å². The average Bonchev–Trinajstić information content (AvgIpc) is 2.47. The molecule has 2 rings (SSSR count). The molecular weight excluding hydrogens is 424 g/mol. The van der Waals surface area contributed by atoms with Gasteiger partial charge in [0, 0.05) is 11.2 Å². The molecular formula is C14H10Cl5O3P. The first-order valence-corrected chi connectivity index (χ1v) is 10.4. The van der Waals surface area contributed by atoms with Crippen molar-refractivity contribution in [1.29, 1.82) is 0 Å². The molecule has 124 valence electrons. The fourth-order valence-electron chi connectivity index (χ4n) is 1.62. The third-order valence-corrected chi connectivity index (χ3v) is 4.97. The van der Waals surface area contributed by atoms with E-state index in [1.807, 2.05) is 0 Å². The normalized spacial score (nSPS) is 11.8. The quantitative estimate of drug-likeness (QED) is 0.350. The summed E-state index contributed by atoms with van der Waals surface area (Å²) in [5.41, 5.74) is 1.36. The first-order valence-electron chi connectivity index (χ1n) is 6.22. The van der Waals surface area contributed by atoms with Crippen molar-refractivity contribution in [2.75, 3.05) is 0 Å². The van der Waals surface area contributed by atoms with Crippen molar-refractivity contribution in [1.82, 2.24) is 0 Å². The number of benzene rings is 2. The van der Waals surface area contributed by atoms with E-state index in [9.17, 15) is 4.57 Å². The van der Waals surface area contributed by atoms with Crippen LogP contribution in [0.25, 0.3) is 0 Å². The molecule has 0 fully saturated rings. The Balaban J connectivity index is 2.05. The average molecular weight is 434 g/mol. The monoisotopic (exact) mass is 432 g/mol. The summed E-state index contributed by atoms with van der Waals surface area (Å²) in [6.07, 6.45) is 0. The third kappa shape index (κ3) is 5.94. The largest absolute Gasteiger partial charge is 0.530 e. The van der Waals surface area contributed by atoms with Crippen molar-refractivity contribution < 1.29 is 13.6 Å². The molecule has 0 spiro atoms. The van der Waals surface area contributed by atoms with Crippen molar-refractivity contribution in [3.63, 3.8) is 0 Å². The van der Waals surface area contributed by atoms with Gasteiger partial charge in [-0.1, -0.05) is 24.3 Å². The Morgan fingerprint density at radius 3 is 1.26 bits per heavy atom. The number of hydrogen-bond donors (Lipinski definition) is 0. The highest BCUT2D eigenvalue weighted by molar-refractivity contribution is 7.82. The Kier molecular flexibility index (Phi) is 6.79. The second-order valence-electron chi connectivity index (χ2n) is 4.35. The summed E-state index contributed by atoms with van der Waals surface area (Å²) in [4.78, 5) is -1.32.